The lowest BCUT2D eigenvalue weighted by atomic mass is 9.78. The topological polar surface area (TPSA) is 57.2 Å². The normalized spacial score (nSPS) is 27.8. The molecule has 2 aromatic rings. The fraction of sp³-hybridized carbons (Fsp3) is 0.429. The first kappa shape index (κ1) is 17.2. The van der Waals surface area contributed by atoms with Gasteiger partial charge in [-0.05, 0) is 47.7 Å². The molecule has 4 unspecified atom stereocenters. The summed E-state index contributed by atoms with van der Waals surface area (Å²) in [6, 6.07) is 13.5. The van der Waals surface area contributed by atoms with Crippen molar-refractivity contribution in [1.29, 1.82) is 0 Å². The average molecular weight is 356 g/mol. The zero-order valence-electron chi connectivity index (χ0n) is 15.1. The second-order valence-electron chi connectivity index (χ2n) is 6.87. The van der Waals surface area contributed by atoms with E-state index in [-0.39, 0.29) is 23.9 Å². The summed E-state index contributed by atoms with van der Waals surface area (Å²) in [6.07, 6.45) is 0.970. The molecule has 0 spiro atoms. The fourth-order valence-electron chi connectivity index (χ4n) is 4.20. The predicted molar refractivity (Wildman–Crippen MR) is 96.6 cm³/mol. The number of hydrogen-bond donors (Lipinski definition) is 1. The lowest BCUT2D eigenvalue weighted by molar-refractivity contribution is -0.0472. The number of hydrogen-bond acceptors (Lipinski definition) is 5. The van der Waals surface area contributed by atoms with Crippen LogP contribution in [-0.4, -0.2) is 32.5 Å². The fourth-order valence-corrected chi connectivity index (χ4v) is 4.20. The smallest absolute Gasteiger partial charge is 0.160 e. The van der Waals surface area contributed by atoms with Crippen molar-refractivity contribution in [1.82, 2.24) is 0 Å². The number of benzene rings is 2. The molecule has 138 valence electrons. The molecule has 1 N–H and O–H groups in total. The SMILES string of the molecule is COc1cccc(C2OCC3C(c4ccc(O)c(OC)c4)OCCC23)c1. The molecule has 2 aliphatic rings. The number of phenols is 1. The Bertz CT molecular complexity index is 775. The summed E-state index contributed by atoms with van der Waals surface area (Å²) >= 11 is 0. The lowest BCUT2D eigenvalue weighted by Crippen LogP contribution is -2.30. The van der Waals surface area contributed by atoms with Gasteiger partial charge in [-0.3, -0.25) is 0 Å². The van der Waals surface area contributed by atoms with Gasteiger partial charge in [0.2, 0.25) is 0 Å². The molecule has 5 nitrogen and oxygen atoms in total. The van der Waals surface area contributed by atoms with Crippen LogP contribution in [0.1, 0.15) is 29.8 Å². The van der Waals surface area contributed by atoms with Crippen LogP contribution < -0.4 is 9.47 Å². The maximum atomic E-state index is 9.86. The summed E-state index contributed by atoms with van der Waals surface area (Å²) in [4.78, 5) is 0. The van der Waals surface area contributed by atoms with Crippen LogP contribution >= 0.6 is 0 Å². The van der Waals surface area contributed by atoms with Gasteiger partial charge in [-0.2, -0.15) is 0 Å². The zero-order chi connectivity index (χ0) is 18.1. The maximum absolute atomic E-state index is 9.86. The van der Waals surface area contributed by atoms with Gasteiger partial charge in [0.25, 0.3) is 0 Å². The summed E-state index contributed by atoms with van der Waals surface area (Å²) in [7, 11) is 3.24. The molecule has 2 saturated heterocycles. The van der Waals surface area contributed by atoms with E-state index in [2.05, 4.69) is 12.1 Å². The first-order chi connectivity index (χ1) is 12.7. The van der Waals surface area contributed by atoms with Crippen LogP contribution in [-0.2, 0) is 9.47 Å². The summed E-state index contributed by atoms with van der Waals surface area (Å²) in [5, 5.41) is 9.86. The predicted octanol–water partition coefficient (Wildman–Crippen LogP) is 3.87. The van der Waals surface area contributed by atoms with E-state index in [4.69, 9.17) is 18.9 Å². The third kappa shape index (κ3) is 3.02. The van der Waals surface area contributed by atoms with Crippen molar-refractivity contribution in [2.75, 3.05) is 27.4 Å². The van der Waals surface area contributed by atoms with Gasteiger partial charge < -0.3 is 24.1 Å². The third-order valence-electron chi connectivity index (χ3n) is 5.50. The monoisotopic (exact) mass is 356 g/mol. The first-order valence-electron chi connectivity index (χ1n) is 8.95. The number of methoxy groups -OCH3 is 2. The Balaban J connectivity index is 1.60. The Morgan fingerprint density at radius 2 is 1.73 bits per heavy atom. The van der Waals surface area contributed by atoms with E-state index in [9.17, 15) is 5.11 Å². The molecule has 4 atom stereocenters. The molecule has 2 aliphatic heterocycles. The molecule has 0 aromatic heterocycles. The van der Waals surface area contributed by atoms with Gasteiger partial charge in [0.05, 0.1) is 33.0 Å². The minimum atomic E-state index is -0.0566. The highest BCUT2D eigenvalue weighted by Gasteiger charge is 2.45. The molecular weight excluding hydrogens is 332 g/mol. The van der Waals surface area contributed by atoms with Crippen molar-refractivity contribution in [3.05, 3.63) is 53.6 Å². The second-order valence-corrected chi connectivity index (χ2v) is 6.87. The number of rotatable bonds is 4. The number of ether oxygens (including phenoxy) is 4. The summed E-state index contributed by atoms with van der Waals surface area (Å²) in [5.41, 5.74) is 2.17. The van der Waals surface area contributed by atoms with Gasteiger partial charge >= 0.3 is 0 Å². The standard InChI is InChI=1S/C21H24O5/c1-23-15-5-3-4-13(10-15)20-16-8-9-25-21(17(16)12-26-20)14-6-7-18(22)19(11-14)24-2/h3-7,10-11,16-17,20-22H,8-9,12H2,1-2H3. The molecular formula is C21H24O5. The van der Waals surface area contributed by atoms with Gasteiger partial charge in [0.15, 0.2) is 11.5 Å². The molecule has 4 rings (SSSR count). The molecule has 2 fully saturated rings. The molecule has 0 bridgehead atoms. The minimum Gasteiger partial charge on any atom is -0.504 e. The molecule has 2 aromatic carbocycles. The zero-order valence-corrected chi connectivity index (χ0v) is 15.1. The van der Waals surface area contributed by atoms with E-state index in [1.165, 1.54) is 0 Å². The lowest BCUT2D eigenvalue weighted by Gasteiger charge is -2.35. The first-order valence-corrected chi connectivity index (χ1v) is 8.95. The van der Waals surface area contributed by atoms with E-state index in [0.29, 0.717) is 24.9 Å². The third-order valence-corrected chi connectivity index (χ3v) is 5.50. The number of phenolic OH excluding ortho intramolecular Hbond substituents is 1. The van der Waals surface area contributed by atoms with E-state index < -0.39 is 0 Å². The van der Waals surface area contributed by atoms with Gasteiger partial charge in [0.1, 0.15) is 5.75 Å². The minimum absolute atomic E-state index is 0.0560. The van der Waals surface area contributed by atoms with Crippen LogP contribution in [0.15, 0.2) is 42.5 Å². The molecule has 26 heavy (non-hydrogen) atoms. The number of aromatic hydroxyl groups is 1. The molecule has 5 heteroatoms. The molecule has 0 aliphatic carbocycles. The van der Waals surface area contributed by atoms with Crippen molar-refractivity contribution in [2.24, 2.45) is 11.8 Å². The maximum Gasteiger partial charge on any atom is 0.160 e. The highest BCUT2D eigenvalue weighted by atomic mass is 16.5. The summed E-state index contributed by atoms with van der Waals surface area (Å²) in [5.74, 6) is 2.12. The molecule has 0 amide bonds. The Hall–Kier alpha value is -2.24. The van der Waals surface area contributed by atoms with Crippen molar-refractivity contribution < 1.29 is 24.1 Å². The van der Waals surface area contributed by atoms with Gasteiger partial charge in [-0.25, -0.2) is 0 Å². The Labute approximate surface area is 153 Å². The number of fused-ring (bicyclic) bond motifs is 1. The Kier molecular flexibility index (Phi) is 4.74. The highest BCUT2D eigenvalue weighted by molar-refractivity contribution is 5.43. The van der Waals surface area contributed by atoms with Crippen LogP contribution in [0.4, 0.5) is 0 Å². The van der Waals surface area contributed by atoms with E-state index >= 15 is 0 Å². The van der Waals surface area contributed by atoms with E-state index in [1.807, 2.05) is 24.3 Å². The average Bonchev–Trinajstić information content (AvgIpc) is 3.12. The van der Waals surface area contributed by atoms with E-state index in [1.54, 1.807) is 20.3 Å². The summed E-state index contributed by atoms with van der Waals surface area (Å²) < 4.78 is 22.9. The molecule has 0 saturated carbocycles. The van der Waals surface area contributed by atoms with Gasteiger partial charge in [-0.1, -0.05) is 18.2 Å². The second kappa shape index (κ2) is 7.17. The Morgan fingerprint density at radius 3 is 2.54 bits per heavy atom. The largest absolute Gasteiger partial charge is 0.504 e. The van der Waals surface area contributed by atoms with Crippen LogP contribution in [0.5, 0.6) is 17.2 Å². The van der Waals surface area contributed by atoms with Crippen LogP contribution in [0.25, 0.3) is 0 Å². The van der Waals surface area contributed by atoms with Gasteiger partial charge in [-0.15, -0.1) is 0 Å². The van der Waals surface area contributed by atoms with Crippen molar-refractivity contribution in [3.63, 3.8) is 0 Å². The quantitative estimate of drug-likeness (QED) is 0.901. The van der Waals surface area contributed by atoms with Gasteiger partial charge in [0, 0.05) is 12.5 Å². The Morgan fingerprint density at radius 1 is 0.923 bits per heavy atom. The van der Waals surface area contributed by atoms with E-state index in [0.717, 1.165) is 23.3 Å². The van der Waals surface area contributed by atoms with Crippen LogP contribution in [0.3, 0.4) is 0 Å². The van der Waals surface area contributed by atoms with Crippen molar-refractivity contribution >= 4 is 0 Å². The van der Waals surface area contributed by atoms with Crippen molar-refractivity contribution in [3.8, 4) is 17.2 Å². The highest BCUT2D eigenvalue weighted by Crippen LogP contribution is 2.50. The molecule has 0 radical (unpaired) electrons. The van der Waals surface area contributed by atoms with Crippen LogP contribution in [0, 0.1) is 11.8 Å². The molecule has 2 heterocycles. The van der Waals surface area contributed by atoms with Crippen molar-refractivity contribution in [2.45, 2.75) is 18.6 Å². The van der Waals surface area contributed by atoms with Crippen LogP contribution in [0.2, 0.25) is 0 Å². The summed E-state index contributed by atoms with van der Waals surface area (Å²) in [6.45, 7) is 1.35.